The first-order valence-electron chi connectivity index (χ1n) is 5.33. The average Bonchev–Trinajstić information content (AvgIpc) is 2.33. The molecule has 0 fully saturated rings. The number of aromatic hydroxyl groups is 1. The Morgan fingerprint density at radius 1 is 1.16 bits per heavy atom. The Morgan fingerprint density at radius 2 is 1.89 bits per heavy atom. The molecule has 19 heavy (non-hydrogen) atoms. The van der Waals surface area contributed by atoms with E-state index in [-0.39, 0.29) is 11.4 Å². The van der Waals surface area contributed by atoms with Crippen molar-refractivity contribution in [1.29, 1.82) is 0 Å². The van der Waals surface area contributed by atoms with Gasteiger partial charge in [0.05, 0.1) is 5.69 Å². The summed E-state index contributed by atoms with van der Waals surface area (Å²) in [6, 6.07) is 7.13. The maximum Gasteiger partial charge on any atom is 0.262 e. The van der Waals surface area contributed by atoms with E-state index in [0.717, 1.165) is 12.1 Å². The largest absolute Gasteiger partial charge is 0.507 e. The summed E-state index contributed by atoms with van der Waals surface area (Å²) < 4.78 is 26.6. The van der Waals surface area contributed by atoms with Crippen LogP contribution < -0.4 is 11.1 Å². The van der Waals surface area contributed by atoms with Crippen LogP contribution in [0.2, 0.25) is 0 Å². The standard InChI is InChI=1S/C13H10F2N2O2/c14-8-2-1-3-11(18)12(8)13(19)17-7-4-5-10(16)9(15)6-7/h1-6,18H,16H2,(H,17,19). The van der Waals surface area contributed by atoms with E-state index in [1.807, 2.05) is 0 Å². The minimum Gasteiger partial charge on any atom is -0.507 e. The lowest BCUT2D eigenvalue weighted by Gasteiger charge is -2.08. The monoisotopic (exact) mass is 264 g/mol. The molecule has 2 aromatic rings. The van der Waals surface area contributed by atoms with Gasteiger partial charge in [0.25, 0.3) is 5.91 Å². The molecule has 4 nitrogen and oxygen atoms in total. The predicted molar refractivity (Wildman–Crippen MR) is 66.8 cm³/mol. The first-order valence-corrected chi connectivity index (χ1v) is 5.33. The molecule has 0 saturated carbocycles. The molecule has 1 amide bonds. The zero-order chi connectivity index (χ0) is 14.0. The molecule has 0 aromatic heterocycles. The molecule has 2 aromatic carbocycles. The van der Waals surface area contributed by atoms with Crippen LogP contribution in [0.3, 0.4) is 0 Å². The molecule has 0 heterocycles. The summed E-state index contributed by atoms with van der Waals surface area (Å²) >= 11 is 0. The number of phenolic OH excluding ortho intramolecular Hbond substituents is 1. The zero-order valence-corrected chi connectivity index (χ0v) is 9.65. The number of carbonyl (C=O) groups is 1. The Bertz CT molecular complexity index is 624. The third kappa shape index (κ3) is 2.62. The molecule has 6 heteroatoms. The number of benzene rings is 2. The second kappa shape index (κ2) is 4.93. The van der Waals surface area contributed by atoms with Gasteiger partial charge in [-0.15, -0.1) is 0 Å². The Labute approximate surface area is 107 Å². The van der Waals surface area contributed by atoms with Gasteiger partial charge >= 0.3 is 0 Å². The summed E-state index contributed by atoms with van der Waals surface area (Å²) in [6.45, 7) is 0. The molecular weight excluding hydrogens is 254 g/mol. The van der Waals surface area contributed by atoms with Crippen LogP contribution in [0.4, 0.5) is 20.2 Å². The van der Waals surface area contributed by atoms with Crippen LogP contribution in [0.15, 0.2) is 36.4 Å². The van der Waals surface area contributed by atoms with Gasteiger partial charge in [-0.25, -0.2) is 8.78 Å². The van der Waals surface area contributed by atoms with Crippen LogP contribution in [-0.4, -0.2) is 11.0 Å². The molecule has 0 atom stereocenters. The van der Waals surface area contributed by atoms with Crippen LogP contribution in [0.25, 0.3) is 0 Å². The first kappa shape index (κ1) is 12.8. The van der Waals surface area contributed by atoms with Crippen LogP contribution in [-0.2, 0) is 0 Å². The van der Waals surface area contributed by atoms with Crippen molar-refractivity contribution in [3.8, 4) is 5.75 Å². The van der Waals surface area contributed by atoms with Gasteiger partial charge in [0.2, 0.25) is 0 Å². The van der Waals surface area contributed by atoms with E-state index in [2.05, 4.69) is 5.32 Å². The molecule has 0 aliphatic carbocycles. The van der Waals surface area contributed by atoms with Gasteiger partial charge in [0.15, 0.2) is 0 Å². The normalized spacial score (nSPS) is 10.2. The number of anilines is 2. The number of amides is 1. The first-order chi connectivity index (χ1) is 8.99. The van der Waals surface area contributed by atoms with Crippen molar-refractivity contribution < 1.29 is 18.7 Å². The molecule has 0 unspecified atom stereocenters. The van der Waals surface area contributed by atoms with Crippen LogP contribution in [0.1, 0.15) is 10.4 Å². The number of hydrogen-bond acceptors (Lipinski definition) is 3. The number of hydrogen-bond donors (Lipinski definition) is 3. The number of carbonyl (C=O) groups excluding carboxylic acids is 1. The van der Waals surface area contributed by atoms with Crippen molar-refractivity contribution in [2.24, 2.45) is 0 Å². The topological polar surface area (TPSA) is 75.3 Å². The van der Waals surface area contributed by atoms with Crippen LogP contribution in [0.5, 0.6) is 5.75 Å². The minimum absolute atomic E-state index is 0.0632. The lowest BCUT2D eigenvalue weighted by atomic mass is 10.1. The highest BCUT2D eigenvalue weighted by Crippen LogP contribution is 2.22. The fourth-order valence-electron chi connectivity index (χ4n) is 1.54. The van der Waals surface area contributed by atoms with Crippen molar-refractivity contribution in [1.82, 2.24) is 0 Å². The van der Waals surface area contributed by atoms with E-state index >= 15 is 0 Å². The molecule has 0 aliphatic rings. The van der Waals surface area contributed by atoms with Crippen molar-refractivity contribution in [3.63, 3.8) is 0 Å². The fraction of sp³-hybridized carbons (Fsp3) is 0. The van der Waals surface area contributed by atoms with Gasteiger partial charge in [0, 0.05) is 5.69 Å². The lowest BCUT2D eigenvalue weighted by molar-refractivity contribution is 0.102. The number of halogens is 2. The third-order valence-electron chi connectivity index (χ3n) is 2.48. The maximum atomic E-state index is 13.4. The summed E-state index contributed by atoms with van der Waals surface area (Å²) in [5, 5.41) is 11.7. The second-order valence-corrected chi connectivity index (χ2v) is 3.82. The van der Waals surface area contributed by atoms with Crippen molar-refractivity contribution in [3.05, 3.63) is 53.6 Å². The molecule has 0 radical (unpaired) electrons. The van der Waals surface area contributed by atoms with E-state index in [4.69, 9.17) is 5.73 Å². The van der Waals surface area contributed by atoms with Crippen molar-refractivity contribution >= 4 is 17.3 Å². The number of rotatable bonds is 2. The van der Waals surface area contributed by atoms with E-state index in [1.54, 1.807) is 0 Å². The van der Waals surface area contributed by atoms with Gasteiger partial charge in [0.1, 0.15) is 22.9 Å². The zero-order valence-electron chi connectivity index (χ0n) is 9.65. The summed E-state index contributed by atoms with van der Waals surface area (Å²) in [5.41, 5.74) is 4.84. The highest BCUT2D eigenvalue weighted by atomic mass is 19.1. The van der Waals surface area contributed by atoms with Crippen LogP contribution in [0, 0.1) is 11.6 Å². The van der Waals surface area contributed by atoms with Gasteiger partial charge in [-0.3, -0.25) is 4.79 Å². The second-order valence-electron chi connectivity index (χ2n) is 3.82. The van der Waals surface area contributed by atoms with E-state index in [1.165, 1.54) is 24.3 Å². The average molecular weight is 264 g/mol. The number of nitrogens with two attached hydrogens (primary N) is 1. The molecule has 0 bridgehead atoms. The summed E-state index contributed by atoms with van der Waals surface area (Å²) in [4.78, 5) is 11.8. The van der Waals surface area contributed by atoms with Crippen molar-refractivity contribution in [2.75, 3.05) is 11.1 Å². The Balaban J connectivity index is 2.28. The lowest BCUT2D eigenvalue weighted by Crippen LogP contribution is -2.14. The van der Waals surface area contributed by atoms with Gasteiger partial charge in [-0.05, 0) is 30.3 Å². The maximum absolute atomic E-state index is 13.4. The summed E-state index contributed by atoms with van der Waals surface area (Å²) in [7, 11) is 0. The molecule has 0 spiro atoms. The summed E-state index contributed by atoms with van der Waals surface area (Å²) in [5.74, 6) is -2.93. The Hall–Kier alpha value is -2.63. The predicted octanol–water partition coefficient (Wildman–Crippen LogP) is 2.50. The van der Waals surface area contributed by atoms with E-state index in [0.29, 0.717) is 0 Å². The summed E-state index contributed by atoms with van der Waals surface area (Å²) in [6.07, 6.45) is 0. The molecule has 98 valence electrons. The highest BCUT2D eigenvalue weighted by Gasteiger charge is 2.16. The Kier molecular flexibility index (Phi) is 3.33. The number of nitrogen functional groups attached to an aromatic ring is 1. The molecular formula is C13H10F2N2O2. The highest BCUT2D eigenvalue weighted by molar-refractivity contribution is 6.06. The van der Waals surface area contributed by atoms with Gasteiger partial charge in [-0.1, -0.05) is 6.07 Å². The fourth-order valence-corrected chi connectivity index (χ4v) is 1.54. The smallest absolute Gasteiger partial charge is 0.262 e. The minimum atomic E-state index is -0.875. The SMILES string of the molecule is Nc1ccc(NC(=O)c2c(O)cccc2F)cc1F. The molecule has 0 saturated heterocycles. The quantitative estimate of drug-likeness (QED) is 0.729. The number of nitrogens with one attached hydrogen (secondary N) is 1. The number of phenols is 1. The van der Waals surface area contributed by atoms with Crippen LogP contribution >= 0.6 is 0 Å². The molecule has 0 aliphatic heterocycles. The van der Waals surface area contributed by atoms with Gasteiger partial charge in [-0.2, -0.15) is 0 Å². The van der Waals surface area contributed by atoms with E-state index < -0.39 is 28.9 Å². The molecule has 2 rings (SSSR count). The van der Waals surface area contributed by atoms with Crippen molar-refractivity contribution in [2.45, 2.75) is 0 Å². The Morgan fingerprint density at radius 3 is 2.53 bits per heavy atom. The van der Waals surface area contributed by atoms with Gasteiger partial charge < -0.3 is 16.2 Å². The third-order valence-corrected chi connectivity index (χ3v) is 2.48. The molecule has 4 N–H and O–H groups in total. The van der Waals surface area contributed by atoms with E-state index in [9.17, 15) is 18.7 Å².